The Hall–Kier alpha value is -3.56. The number of carbonyl (C=O) groups is 2. The first-order valence-electron chi connectivity index (χ1n) is 9.21. The minimum absolute atomic E-state index is 0.0846. The molecule has 9 heteroatoms. The van der Waals surface area contributed by atoms with Gasteiger partial charge in [0.2, 0.25) is 0 Å². The Morgan fingerprint density at radius 3 is 2.16 bits per heavy atom. The number of nitrogens with zero attached hydrogens (tertiary/aromatic N) is 2. The third-order valence-corrected chi connectivity index (χ3v) is 5.58. The van der Waals surface area contributed by atoms with Crippen molar-refractivity contribution in [3.8, 4) is 5.69 Å². The summed E-state index contributed by atoms with van der Waals surface area (Å²) < 4.78 is 32.9. The van der Waals surface area contributed by atoms with E-state index in [2.05, 4.69) is 4.99 Å². The molecular formula is C22H20N2O6S. The molecule has 1 aromatic heterocycles. The molecule has 0 radical (unpaired) electrons. The average Bonchev–Trinajstić information content (AvgIpc) is 3.05. The lowest BCUT2D eigenvalue weighted by Gasteiger charge is -2.14. The molecule has 0 unspecified atom stereocenters. The monoisotopic (exact) mass is 440 g/mol. The van der Waals surface area contributed by atoms with Crippen LogP contribution in [0, 0.1) is 13.8 Å². The second kappa shape index (κ2) is 8.66. The molecule has 0 aliphatic heterocycles. The number of benzene rings is 2. The Kier molecular flexibility index (Phi) is 6.19. The predicted octanol–water partition coefficient (Wildman–Crippen LogP) is 3.34. The van der Waals surface area contributed by atoms with E-state index < -0.39 is 16.1 Å². The number of aliphatic imine (C=N–C) groups is 1. The van der Waals surface area contributed by atoms with E-state index >= 15 is 0 Å². The van der Waals surface area contributed by atoms with Gasteiger partial charge in [-0.15, -0.1) is 0 Å². The lowest BCUT2D eigenvalue weighted by molar-refractivity contribution is 0.0696. The van der Waals surface area contributed by atoms with E-state index in [9.17, 15) is 23.1 Å². The molecule has 160 valence electrons. The van der Waals surface area contributed by atoms with E-state index in [0.717, 1.165) is 11.4 Å². The number of aromatic carboxylic acids is 1. The number of rotatable bonds is 7. The molecule has 8 nitrogen and oxygen atoms in total. The van der Waals surface area contributed by atoms with Crippen LogP contribution in [0.5, 0.6) is 0 Å². The fraction of sp³-hybridized carbons (Fsp3) is 0.136. The Morgan fingerprint density at radius 1 is 1.00 bits per heavy atom. The van der Waals surface area contributed by atoms with Gasteiger partial charge in [-0.1, -0.05) is 18.2 Å². The highest BCUT2D eigenvalue weighted by molar-refractivity contribution is 7.85. The molecule has 0 aliphatic carbocycles. The molecule has 3 rings (SSSR count). The van der Waals surface area contributed by atoms with Crippen LogP contribution < -0.4 is 0 Å². The van der Waals surface area contributed by atoms with E-state index in [0.29, 0.717) is 16.8 Å². The number of ketones is 1. The molecule has 0 saturated carbocycles. The summed E-state index contributed by atoms with van der Waals surface area (Å²) >= 11 is 0. The zero-order valence-corrected chi connectivity index (χ0v) is 17.6. The van der Waals surface area contributed by atoms with Crippen LogP contribution in [0.25, 0.3) is 5.69 Å². The van der Waals surface area contributed by atoms with Crippen molar-refractivity contribution in [3.05, 3.63) is 82.7 Å². The molecule has 2 N–H and O–H groups in total. The van der Waals surface area contributed by atoms with Crippen molar-refractivity contribution in [3.63, 3.8) is 0 Å². The summed E-state index contributed by atoms with van der Waals surface area (Å²) in [5, 5.41) is 9.54. The van der Waals surface area contributed by atoms with Gasteiger partial charge in [-0.3, -0.25) is 14.3 Å². The number of carboxylic acid groups (broad SMARTS) is 1. The fourth-order valence-electron chi connectivity index (χ4n) is 3.17. The molecule has 0 amide bonds. The first-order valence-corrected chi connectivity index (χ1v) is 10.6. The van der Waals surface area contributed by atoms with Crippen LogP contribution in [-0.4, -0.2) is 47.2 Å². The summed E-state index contributed by atoms with van der Waals surface area (Å²) in [6.45, 7) is 3.53. The van der Waals surface area contributed by atoms with Crippen LogP contribution in [0.4, 0.5) is 0 Å². The Bertz CT molecular complexity index is 1270. The quantitative estimate of drug-likeness (QED) is 0.330. The molecule has 31 heavy (non-hydrogen) atoms. The molecule has 0 bridgehead atoms. The number of aromatic nitrogens is 1. The maximum absolute atomic E-state index is 12.6. The van der Waals surface area contributed by atoms with Crippen molar-refractivity contribution in [2.24, 2.45) is 4.99 Å². The van der Waals surface area contributed by atoms with Crippen LogP contribution >= 0.6 is 0 Å². The Labute approximate surface area is 179 Å². The van der Waals surface area contributed by atoms with Gasteiger partial charge in [0, 0.05) is 23.2 Å². The summed E-state index contributed by atoms with van der Waals surface area (Å²) in [4.78, 5) is 28.1. The van der Waals surface area contributed by atoms with Crippen LogP contribution in [0.2, 0.25) is 0 Å². The van der Waals surface area contributed by atoms with Crippen molar-refractivity contribution < 1.29 is 27.7 Å². The second-order valence-corrected chi connectivity index (χ2v) is 8.35. The summed E-state index contributed by atoms with van der Waals surface area (Å²) in [5.74, 6) is -1.39. The van der Waals surface area contributed by atoms with Crippen molar-refractivity contribution in [2.45, 2.75) is 18.7 Å². The van der Waals surface area contributed by atoms with E-state index in [1.807, 2.05) is 26.0 Å². The zero-order chi connectivity index (χ0) is 22.8. The normalized spacial score (nSPS) is 11.7. The molecule has 0 fully saturated rings. The molecule has 1 heterocycles. The van der Waals surface area contributed by atoms with Crippen molar-refractivity contribution >= 4 is 28.1 Å². The van der Waals surface area contributed by atoms with Crippen LogP contribution in [0.15, 0.2) is 64.5 Å². The molecule has 2 aromatic carbocycles. The first-order chi connectivity index (χ1) is 14.6. The number of aryl methyl sites for hydroxylation is 2. The van der Waals surface area contributed by atoms with Gasteiger partial charge < -0.3 is 9.67 Å². The minimum Gasteiger partial charge on any atom is -0.478 e. The van der Waals surface area contributed by atoms with Crippen molar-refractivity contribution in [2.75, 3.05) is 6.54 Å². The molecule has 3 aromatic rings. The largest absolute Gasteiger partial charge is 0.478 e. The summed E-state index contributed by atoms with van der Waals surface area (Å²) in [6, 6.07) is 13.5. The van der Waals surface area contributed by atoms with Gasteiger partial charge in [0.15, 0.2) is 5.78 Å². The average molecular weight is 440 g/mol. The number of carboxylic acids is 1. The molecule has 0 spiro atoms. The van der Waals surface area contributed by atoms with Crippen LogP contribution in [-0.2, 0) is 10.1 Å². The van der Waals surface area contributed by atoms with Gasteiger partial charge in [-0.05, 0) is 55.8 Å². The first kappa shape index (κ1) is 22.1. The number of hydrogen-bond acceptors (Lipinski definition) is 5. The maximum Gasteiger partial charge on any atom is 0.337 e. The van der Waals surface area contributed by atoms with Gasteiger partial charge >= 0.3 is 5.97 Å². The highest BCUT2D eigenvalue weighted by Crippen LogP contribution is 2.22. The Balaban J connectivity index is 1.83. The van der Waals surface area contributed by atoms with Crippen LogP contribution in [0.3, 0.4) is 0 Å². The molecule has 0 atom stereocenters. The van der Waals surface area contributed by atoms with E-state index in [-0.39, 0.29) is 22.8 Å². The Morgan fingerprint density at radius 2 is 1.61 bits per heavy atom. The number of hydrogen-bond donors (Lipinski definition) is 2. The van der Waals surface area contributed by atoms with E-state index in [1.54, 1.807) is 10.6 Å². The zero-order valence-electron chi connectivity index (χ0n) is 16.8. The summed E-state index contributed by atoms with van der Waals surface area (Å²) in [7, 11) is -4.27. The third kappa shape index (κ3) is 4.96. The molecular weight excluding hydrogens is 420 g/mol. The fourth-order valence-corrected chi connectivity index (χ4v) is 3.65. The van der Waals surface area contributed by atoms with Crippen molar-refractivity contribution in [1.29, 1.82) is 0 Å². The van der Waals surface area contributed by atoms with Gasteiger partial charge in [0.1, 0.15) is 6.54 Å². The van der Waals surface area contributed by atoms with Gasteiger partial charge in [-0.2, -0.15) is 8.42 Å². The third-order valence-electron chi connectivity index (χ3n) is 4.72. The lowest BCUT2D eigenvalue weighted by Crippen LogP contribution is -2.11. The molecule has 0 aliphatic rings. The predicted molar refractivity (Wildman–Crippen MR) is 115 cm³/mol. The van der Waals surface area contributed by atoms with Crippen molar-refractivity contribution in [1.82, 2.24) is 4.57 Å². The summed E-state index contributed by atoms with van der Waals surface area (Å²) in [6.07, 6.45) is 1.42. The number of Topliss-reactive ketones (excluding diaryl/α,β-unsaturated/α-hetero) is 1. The highest BCUT2D eigenvalue weighted by atomic mass is 32.2. The SMILES string of the molecule is Cc1ccc(C)n1-c1cc(C(=O)CN=Cc2ccc(S(=O)(=O)O)cc2)ccc1C(=O)O. The number of carbonyl (C=O) groups excluding carboxylic acids is 1. The van der Waals surface area contributed by atoms with Gasteiger partial charge in [-0.25, -0.2) is 4.79 Å². The van der Waals surface area contributed by atoms with Gasteiger partial charge in [0.25, 0.3) is 10.1 Å². The second-order valence-electron chi connectivity index (χ2n) is 6.93. The minimum atomic E-state index is -4.27. The topological polar surface area (TPSA) is 126 Å². The van der Waals surface area contributed by atoms with E-state index in [1.165, 1.54) is 42.6 Å². The van der Waals surface area contributed by atoms with E-state index in [4.69, 9.17) is 4.55 Å². The summed E-state index contributed by atoms with van der Waals surface area (Å²) in [5.41, 5.74) is 3.06. The maximum atomic E-state index is 12.6. The van der Waals surface area contributed by atoms with Gasteiger partial charge in [0.05, 0.1) is 16.1 Å². The van der Waals surface area contributed by atoms with Crippen LogP contribution in [0.1, 0.15) is 37.7 Å². The smallest absolute Gasteiger partial charge is 0.337 e. The lowest BCUT2D eigenvalue weighted by atomic mass is 10.0. The highest BCUT2D eigenvalue weighted by Gasteiger charge is 2.17. The molecule has 0 saturated heterocycles. The standard InChI is InChI=1S/C22H20N2O6S/c1-14-3-4-15(2)24(14)20-11-17(7-10-19(20)22(26)27)21(25)13-23-12-16-5-8-18(9-6-16)31(28,29)30/h3-12H,13H2,1-2H3,(H,26,27)(H,28,29,30).